The maximum atomic E-state index is 13.4. The van der Waals surface area contributed by atoms with Crippen LogP contribution in [0.3, 0.4) is 0 Å². The second-order valence-corrected chi connectivity index (χ2v) is 9.27. The van der Waals surface area contributed by atoms with E-state index >= 15 is 0 Å². The third kappa shape index (κ3) is 5.24. The maximum absolute atomic E-state index is 13.4. The maximum Gasteiger partial charge on any atom is 0.419 e. The Morgan fingerprint density at radius 1 is 0.853 bits per heavy atom. The quantitative estimate of drug-likeness (QED) is 0.346. The van der Waals surface area contributed by atoms with Crippen LogP contribution in [-0.2, 0) is 6.42 Å². The van der Waals surface area contributed by atoms with Crippen LogP contribution in [0.5, 0.6) is 5.75 Å². The van der Waals surface area contributed by atoms with E-state index in [1.807, 2.05) is 72.8 Å². The van der Waals surface area contributed by atoms with Gasteiger partial charge in [-0.25, -0.2) is 4.79 Å². The molecule has 5 rings (SSSR count). The van der Waals surface area contributed by atoms with Crippen molar-refractivity contribution in [3.8, 4) is 5.75 Å². The van der Waals surface area contributed by atoms with Gasteiger partial charge in [0.15, 0.2) is 0 Å². The molecule has 1 saturated heterocycles. The van der Waals surface area contributed by atoms with E-state index in [9.17, 15) is 4.79 Å². The molecule has 0 spiro atoms. The Kier molecular flexibility index (Phi) is 6.79. The fourth-order valence-corrected chi connectivity index (χ4v) is 4.81. The minimum Gasteiger partial charge on any atom is -0.410 e. The molecule has 4 aromatic carbocycles. The number of hydrogen-bond donors (Lipinski definition) is 1. The Hall–Kier alpha value is -3.34. The molecule has 2 atom stereocenters. The summed E-state index contributed by atoms with van der Waals surface area (Å²) in [6.45, 7) is 2.37. The molecule has 1 heterocycles. The monoisotopic (exact) mass is 470 g/mol. The molecular formula is C29H27ClN2O2. The molecule has 4 aromatic rings. The van der Waals surface area contributed by atoms with Gasteiger partial charge in [0.2, 0.25) is 0 Å². The van der Waals surface area contributed by atoms with Crippen LogP contribution in [0.15, 0.2) is 97.1 Å². The lowest BCUT2D eigenvalue weighted by atomic mass is 9.89. The summed E-state index contributed by atoms with van der Waals surface area (Å²) in [5.74, 6) is 1.28. The van der Waals surface area contributed by atoms with Crippen molar-refractivity contribution in [3.05, 3.63) is 108 Å². The van der Waals surface area contributed by atoms with Crippen LogP contribution in [0.25, 0.3) is 10.8 Å². The minimum absolute atomic E-state index is 0.306. The number of nitrogens with one attached hydrogen (secondary N) is 1. The average Bonchev–Trinajstić information content (AvgIpc) is 3.30. The smallest absolute Gasteiger partial charge is 0.410 e. The molecule has 1 amide bonds. The number of ether oxygens (including phenoxy) is 1. The van der Waals surface area contributed by atoms with Crippen molar-refractivity contribution in [1.29, 1.82) is 0 Å². The highest BCUT2D eigenvalue weighted by Crippen LogP contribution is 2.28. The first kappa shape index (κ1) is 22.5. The van der Waals surface area contributed by atoms with E-state index in [0.29, 0.717) is 29.2 Å². The second-order valence-electron chi connectivity index (χ2n) is 8.83. The van der Waals surface area contributed by atoms with Crippen molar-refractivity contribution in [2.24, 2.45) is 11.8 Å². The summed E-state index contributed by atoms with van der Waals surface area (Å²) in [6, 6.07) is 31.6. The first-order chi connectivity index (χ1) is 16.7. The molecule has 5 heteroatoms. The van der Waals surface area contributed by atoms with Gasteiger partial charge in [-0.2, -0.15) is 0 Å². The Morgan fingerprint density at radius 3 is 2.35 bits per heavy atom. The summed E-state index contributed by atoms with van der Waals surface area (Å²) in [7, 11) is 0. The zero-order chi connectivity index (χ0) is 23.3. The molecule has 0 radical (unpaired) electrons. The van der Waals surface area contributed by atoms with E-state index in [-0.39, 0.29) is 6.09 Å². The van der Waals surface area contributed by atoms with E-state index in [2.05, 4.69) is 29.6 Å². The molecule has 0 aromatic heterocycles. The molecule has 4 nitrogen and oxygen atoms in total. The first-order valence-electron chi connectivity index (χ1n) is 11.6. The number of amides is 1. The molecule has 172 valence electrons. The molecule has 1 fully saturated rings. The van der Waals surface area contributed by atoms with Gasteiger partial charge in [0, 0.05) is 17.3 Å². The summed E-state index contributed by atoms with van der Waals surface area (Å²) in [5, 5.41) is 6.30. The van der Waals surface area contributed by atoms with E-state index in [0.717, 1.165) is 36.0 Å². The molecule has 0 saturated carbocycles. The molecule has 1 N–H and O–H groups in total. The van der Waals surface area contributed by atoms with Gasteiger partial charge < -0.3 is 10.1 Å². The predicted octanol–water partition coefficient (Wildman–Crippen LogP) is 6.58. The lowest BCUT2D eigenvalue weighted by molar-refractivity contribution is 0.205. The van der Waals surface area contributed by atoms with Gasteiger partial charge in [-0.3, -0.25) is 4.90 Å². The fraction of sp³-hybridized carbons (Fsp3) is 0.207. The van der Waals surface area contributed by atoms with Gasteiger partial charge in [0.05, 0.1) is 0 Å². The lowest BCUT2D eigenvalue weighted by Crippen LogP contribution is -2.39. The van der Waals surface area contributed by atoms with Crippen molar-refractivity contribution in [2.75, 3.05) is 24.5 Å². The highest BCUT2D eigenvalue weighted by atomic mass is 35.5. The number of nitrogens with zero attached hydrogens (tertiary/aromatic N) is 1. The van der Waals surface area contributed by atoms with E-state index in [1.165, 1.54) is 5.56 Å². The lowest BCUT2D eigenvalue weighted by Gasteiger charge is -2.28. The number of carbonyl (C=O) groups is 1. The van der Waals surface area contributed by atoms with E-state index in [1.54, 1.807) is 4.90 Å². The Balaban J connectivity index is 1.37. The summed E-state index contributed by atoms with van der Waals surface area (Å²) < 4.78 is 5.87. The predicted molar refractivity (Wildman–Crippen MR) is 139 cm³/mol. The number of halogens is 1. The Bertz CT molecular complexity index is 1260. The number of carbonyl (C=O) groups excluding carboxylic acids is 1. The van der Waals surface area contributed by atoms with Gasteiger partial charge in [-0.1, -0.05) is 72.3 Å². The minimum atomic E-state index is -0.386. The topological polar surface area (TPSA) is 41.6 Å². The van der Waals surface area contributed by atoms with Crippen LogP contribution in [0, 0.1) is 11.8 Å². The molecular weight excluding hydrogens is 444 g/mol. The van der Waals surface area contributed by atoms with Gasteiger partial charge >= 0.3 is 6.09 Å². The number of fused-ring (bicyclic) bond motifs is 1. The molecule has 1 aliphatic heterocycles. The van der Waals surface area contributed by atoms with Crippen LogP contribution in [0.2, 0.25) is 5.02 Å². The largest absolute Gasteiger partial charge is 0.419 e. The van der Waals surface area contributed by atoms with E-state index < -0.39 is 0 Å². The standard InChI is InChI=1S/C29H27ClN2O2/c30-26-11-13-27(14-12-26)32(20-25-19-31-18-24(25)16-21-6-2-1-3-7-21)29(33)34-28-15-10-22-8-4-5-9-23(22)17-28/h1-15,17,24-25,31H,16,18-20H2/t24-,25+/m0/s1. The van der Waals surface area contributed by atoms with Crippen molar-refractivity contribution >= 4 is 34.2 Å². The number of hydrogen-bond acceptors (Lipinski definition) is 3. The zero-order valence-corrected chi connectivity index (χ0v) is 19.6. The molecule has 0 aliphatic carbocycles. The summed E-state index contributed by atoms with van der Waals surface area (Å²) >= 11 is 6.12. The third-order valence-corrected chi connectivity index (χ3v) is 6.77. The summed E-state index contributed by atoms with van der Waals surface area (Å²) in [5.41, 5.74) is 2.10. The van der Waals surface area contributed by atoms with Crippen molar-refractivity contribution < 1.29 is 9.53 Å². The van der Waals surface area contributed by atoms with Gasteiger partial charge in [0.1, 0.15) is 5.75 Å². The number of anilines is 1. The van der Waals surface area contributed by atoms with Crippen LogP contribution in [0.1, 0.15) is 5.56 Å². The van der Waals surface area contributed by atoms with E-state index in [4.69, 9.17) is 16.3 Å². The molecule has 0 bridgehead atoms. The molecule has 34 heavy (non-hydrogen) atoms. The van der Waals surface area contributed by atoms with Crippen molar-refractivity contribution in [3.63, 3.8) is 0 Å². The first-order valence-corrected chi connectivity index (χ1v) is 12.0. The van der Waals surface area contributed by atoms with Crippen molar-refractivity contribution in [1.82, 2.24) is 5.32 Å². The average molecular weight is 471 g/mol. The highest BCUT2D eigenvalue weighted by molar-refractivity contribution is 6.30. The molecule has 1 aliphatic rings. The fourth-order valence-electron chi connectivity index (χ4n) is 4.68. The Morgan fingerprint density at radius 2 is 1.56 bits per heavy atom. The van der Waals surface area contributed by atoms with Crippen molar-refractivity contribution in [2.45, 2.75) is 6.42 Å². The van der Waals surface area contributed by atoms with Crippen LogP contribution >= 0.6 is 11.6 Å². The third-order valence-electron chi connectivity index (χ3n) is 6.52. The molecule has 0 unspecified atom stereocenters. The van der Waals surface area contributed by atoms with Gasteiger partial charge in [-0.05, 0) is 84.1 Å². The second kappa shape index (κ2) is 10.3. The summed E-state index contributed by atoms with van der Waals surface area (Å²) in [4.78, 5) is 15.2. The number of rotatable bonds is 6. The highest BCUT2D eigenvalue weighted by Gasteiger charge is 2.31. The SMILES string of the molecule is O=C(Oc1ccc2ccccc2c1)N(C[C@H]1CNC[C@@H]1Cc1ccccc1)c1ccc(Cl)cc1. The van der Waals surface area contributed by atoms with Gasteiger partial charge in [-0.15, -0.1) is 0 Å². The summed E-state index contributed by atoms with van der Waals surface area (Å²) in [6.07, 6.45) is 0.593. The normalized spacial score (nSPS) is 17.6. The van der Waals surface area contributed by atoms with Crippen LogP contribution in [0.4, 0.5) is 10.5 Å². The van der Waals surface area contributed by atoms with Gasteiger partial charge in [0.25, 0.3) is 0 Å². The van der Waals surface area contributed by atoms with Crippen LogP contribution < -0.4 is 15.0 Å². The number of benzene rings is 4. The Labute approximate surface area is 205 Å². The van der Waals surface area contributed by atoms with Crippen LogP contribution in [-0.4, -0.2) is 25.7 Å². The zero-order valence-electron chi connectivity index (χ0n) is 18.9.